The van der Waals surface area contributed by atoms with Crippen molar-refractivity contribution >= 4 is 20.4 Å². The lowest BCUT2D eigenvalue weighted by Crippen LogP contribution is -2.14. The van der Waals surface area contributed by atoms with Crippen molar-refractivity contribution in [1.29, 1.82) is 0 Å². The summed E-state index contributed by atoms with van der Waals surface area (Å²) in [6.45, 7) is 1.90. The third-order valence-electron chi connectivity index (χ3n) is 5.68. The molecule has 6 nitrogen and oxygen atoms in total. The quantitative estimate of drug-likeness (QED) is 0.245. The number of hydrogen-bond acceptors (Lipinski definition) is 6. The normalized spacial score (nSPS) is 12.1. The molecule has 8 heteroatoms. The molecule has 0 N–H and O–H groups in total. The zero-order valence-corrected chi connectivity index (χ0v) is 22.1. The van der Waals surface area contributed by atoms with E-state index in [1.165, 1.54) is 0 Å². The molecule has 0 saturated heterocycles. The second-order valence-electron chi connectivity index (χ2n) is 7.92. The molecule has 0 amide bonds. The lowest BCUT2D eigenvalue weighted by atomic mass is 10.2. The van der Waals surface area contributed by atoms with Crippen molar-refractivity contribution in [2.45, 2.75) is 26.5 Å². The van der Waals surface area contributed by atoms with Gasteiger partial charge in [-0.25, -0.2) is 3.63 Å². The van der Waals surface area contributed by atoms with Crippen LogP contribution < -0.4 is 14.2 Å². The van der Waals surface area contributed by atoms with Crippen molar-refractivity contribution in [3.05, 3.63) is 103 Å². The van der Waals surface area contributed by atoms with Crippen molar-refractivity contribution in [1.82, 2.24) is 0 Å². The van der Waals surface area contributed by atoms with Gasteiger partial charge >= 0.3 is 10.1 Å². The number of rotatable bonds is 9. The highest BCUT2D eigenvalue weighted by Crippen LogP contribution is 2.70. The number of hydrogen-bond donors (Lipinski definition) is 0. The predicted octanol–water partition coefficient (Wildman–Crippen LogP) is 6.62. The molecule has 36 heavy (non-hydrogen) atoms. The summed E-state index contributed by atoms with van der Waals surface area (Å²) in [5.41, 5.74) is 0.952. The van der Waals surface area contributed by atoms with Gasteiger partial charge in [-0.3, -0.25) is 0 Å². The lowest BCUT2D eigenvalue weighted by molar-refractivity contribution is 0.414. The summed E-state index contributed by atoms with van der Waals surface area (Å²) in [6, 6.07) is 28.5. The Kier molecular flexibility index (Phi) is 7.59. The van der Waals surface area contributed by atoms with Crippen LogP contribution >= 0.6 is 10.3 Å². The number of benzene rings is 4. The van der Waals surface area contributed by atoms with Gasteiger partial charge < -0.3 is 14.2 Å². The van der Waals surface area contributed by atoms with Crippen LogP contribution in [-0.4, -0.2) is 29.7 Å². The number of methoxy groups -OCH3 is 3. The molecule has 0 atom stereocenters. The monoisotopic (exact) mass is 524 g/mol. The van der Waals surface area contributed by atoms with Gasteiger partial charge in [0, 0.05) is 14.7 Å². The Bertz CT molecular complexity index is 1280. The topological polar surface area (TPSA) is 71.1 Å². The van der Waals surface area contributed by atoms with E-state index in [0.717, 1.165) is 5.56 Å². The van der Waals surface area contributed by atoms with Crippen molar-refractivity contribution in [2.75, 3.05) is 21.3 Å². The zero-order chi connectivity index (χ0) is 25.8. The summed E-state index contributed by atoms with van der Waals surface area (Å²) in [5, 5.41) is 0. The molecule has 0 fully saturated rings. The molecule has 0 bridgehead atoms. The van der Waals surface area contributed by atoms with Crippen molar-refractivity contribution in [3.63, 3.8) is 0 Å². The summed E-state index contributed by atoms with van der Waals surface area (Å²) in [6.07, 6.45) is 0. The summed E-state index contributed by atoms with van der Waals surface area (Å²) >= 11 is 0. The van der Waals surface area contributed by atoms with Gasteiger partial charge in [-0.05, 0) is 102 Å². The van der Waals surface area contributed by atoms with E-state index < -0.39 is 20.4 Å². The fourth-order valence-electron chi connectivity index (χ4n) is 3.71. The maximum absolute atomic E-state index is 13.8. The molecule has 0 spiro atoms. The second-order valence-corrected chi connectivity index (χ2v) is 12.4. The summed E-state index contributed by atoms with van der Waals surface area (Å²) in [4.78, 5) is 2.15. The molecule has 0 heterocycles. The maximum atomic E-state index is 13.8. The first kappa shape index (κ1) is 25.6. The largest absolute Gasteiger partial charge is 0.497 e. The fourth-order valence-corrected chi connectivity index (χ4v) is 8.88. The van der Waals surface area contributed by atoms with Crippen LogP contribution in [0, 0.1) is 6.92 Å². The minimum absolute atomic E-state index is 0.0838. The van der Waals surface area contributed by atoms with Crippen molar-refractivity contribution < 1.29 is 26.3 Å². The first-order chi connectivity index (χ1) is 17.3. The van der Waals surface area contributed by atoms with Crippen LogP contribution in [-0.2, 0) is 13.7 Å². The smallest absolute Gasteiger partial charge is 0.307 e. The average Bonchev–Trinajstić information content (AvgIpc) is 2.92. The van der Waals surface area contributed by atoms with E-state index in [-0.39, 0.29) is 4.90 Å². The molecule has 0 aliphatic rings. The van der Waals surface area contributed by atoms with Gasteiger partial charge in [-0.2, -0.15) is 8.42 Å². The van der Waals surface area contributed by atoms with E-state index >= 15 is 0 Å². The Morgan fingerprint density at radius 3 is 1.08 bits per heavy atom. The van der Waals surface area contributed by atoms with Crippen LogP contribution in [0.4, 0.5) is 0 Å². The standard InChI is InChI=1S/C28H28O6S2/c1-21-5-13-28(14-6-21)36(29,30)34-35(25-15-7-22(31-2)8-16-25,26-17-9-23(32-3)10-18-26)27-19-11-24(33-4)12-20-27/h5-20H,1-4H3. The third kappa shape index (κ3) is 5.06. The molecule has 188 valence electrons. The Morgan fingerprint density at radius 1 is 0.472 bits per heavy atom. The molecule has 4 aromatic rings. The maximum Gasteiger partial charge on any atom is 0.307 e. The van der Waals surface area contributed by atoms with Gasteiger partial charge in [0.2, 0.25) is 0 Å². The van der Waals surface area contributed by atoms with Crippen molar-refractivity contribution in [2.24, 2.45) is 0 Å². The molecule has 0 aliphatic carbocycles. The van der Waals surface area contributed by atoms with Gasteiger partial charge in [0.1, 0.15) is 17.2 Å². The first-order valence-electron chi connectivity index (χ1n) is 11.1. The number of ether oxygens (including phenoxy) is 3. The highest BCUT2D eigenvalue weighted by molar-refractivity contribution is 8.33. The highest BCUT2D eigenvalue weighted by Gasteiger charge is 2.38. The molecule has 0 saturated carbocycles. The van der Waals surface area contributed by atoms with Gasteiger partial charge in [-0.15, -0.1) is 0 Å². The fraction of sp³-hybridized carbons (Fsp3) is 0.143. The number of aryl methyl sites for hydroxylation is 1. The predicted molar refractivity (Wildman–Crippen MR) is 141 cm³/mol. The third-order valence-corrected chi connectivity index (χ3v) is 10.9. The highest BCUT2D eigenvalue weighted by atomic mass is 32.3. The summed E-state index contributed by atoms with van der Waals surface area (Å²) < 4.78 is 50.0. The van der Waals surface area contributed by atoms with E-state index in [9.17, 15) is 8.42 Å². The van der Waals surface area contributed by atoms with Crippen LogP contribution in [0.2, 0.25) is 0 Å². The average molecular weight is 525 g/mol. The zero-order valence-electron chi connectivity index (χ0n) is 20.5. The van der Waals surface area contributed by atoms with Gasteiger partial charge in [-0.1, -0.05) is 17.7 Å². The minimum atomic E-state index is -4.18. The Balaban J connectivity index is 2.01. The Morgan fingerprint density at radius 2 is 0.778 bits per heavy atom. The molecule has 0 unspecified atom stereocenters. The lowest BCUT2D eigenvalue weighted by Gasteiger charge is -2.39. The van der Waals surface area contributed by atoms with Gasteiger partial charge in [0.15, 0.2) is 0 Å². The van der Waals surface area contributed by atoms with E-state index in [1.807, 2.05) is 43.3 Å². The van der Waals surface area contributed by atoms with Crippen molar-refractivity contribution in [3.8, 4) is 17.2 Å². The van der Waals surface area contributed by atoms with E-state index in [4.69, 9.17) is 17.8 Å². The SMILES string of the molecule is COc1ccc(S(OS(=O)(=O)c2ccc(C)cc2)(c2ccc(OC)cc2)c2ccc(OC)cc2)cc1. The van der Waals surface area contributed by atoms with E-state index in [1.54, 1.807) is 82.0 Å². The molecule has 4 rings (SSSR count). The Labute approximate surface area is 214 Å². The van der Waals surface area contributed by atoms with E-state index in [0.29, 0.717) is 31.9 Å². The minimum Gasteiger partial charge on any atom is -0.497 e. The first-order valence-corrected chi connectivity index (χ1v) is 14.1. The van der Waals surface area contributed by atoms with E-state index in [2.05, 4.69) is 0 Å². The molecular formula is C28H28O6S2. The van der Waals surface area contributed by atoms with Crippen LogP contribution in [0.3, 0.4) is 0 Å². The molecule has 0 radical (unpaired) electrons. The van der Waals surface area contributed by atoms with Gasteiger partial charge in [0.25, 0.3) is 0 Å². The van der Waals surface area contributed by atoms with Gasteiger partial charge in [0.05, 0.1) is 26.2 Å². The van der Waals surface area contributed by atoms with Crippen LogP contribution in [0.1, 0.15) is 5.56 Å². The Hall–Kier alpha value is -3.46. The van der Waals surface area contributed by atoms with Crippen LogP contribution in [0.15, 0.2) is 117 Å². The van der Waals surface area contributed by atoms with Crippen LogP contribution in [0.25, 0.3) is 0 Å². The molecule has 0 aromatic heterocycles. The molecule has 0 aliphatic heterocycles. The summed E-state index contributed by atoms with van der Waals surface area (Å²) in [7, 11) is -2.21. The second kappa shape index (κ2) is 10.7. The molecular weight excluding hydrogens is 496 g/mol. The molecule has 4 aromatic carbocycles. The summed E-state index contributed by atoms with van der Waals surface area (Å²) in [5.74, 6) is 1.95. The van der Waals surface area contributed by atoms with Crippen LogP contribution in [0.5, 0.6) is 17.2 Å².